The number of halogens is 1. The Labute approximate surface area is 115 Å². The Morgan fingerprint density at radius 1 is 1.33 bits per heavy atom. The average molecular weight is 302 g/mol. The number of rotatable bonds is 3. The molecule has 1 N–H and O–H groups in total. The average Bonchev–Trinajstić information content (AvgIpc) is 2.35. The standard InChI is InChI=1S/C14H12BrN3/c1-10-4-12(15)7-13(5-10)18-9-11-2-3-17-14(6-11)8-16/h2-7,18H,9H2,1H3. The van der Waals surface area contributed by atoms with Gasteiger partial charge in [0, 0.05) is 22.9 Å². The van der Waals surface area contributed by atoms with E-state index in [1.807, 2.05) is 18.2 Å². The van der Waals surface area contributed by atoms with Gasteiger partial charge in [-0.2, -0.15) is 5.26 Å². The molecule has 0 bridgehead atoms. The van der Waals surface area contributed by atoms with E-state index >= 15 is 0 Å². The van der Waals surface area contributed by atoms with Gasteiger partial charge in [-0.3, -0.25) is 0 Å². The first-order chi connectivity index (χ1) is 8.67. The summed E-state index contributed by atoms with van der Waals surface area (Å²) in [6, 6.07) is 11.9. The van der Waals surface area contributed by atoms with Crippen molar-refractivity contribution < 1.29 is 0 Å². The highest BCUT2D eigenvalue weighted by Gasteiger charge is 1.99. The molecule has 2 aromatic rings. The van der Waals surface area contributed by atoms with Crippen LogP contribution in [-0.2, 0) is 6.54 Å². The van der Waals surface area contributed by atoms with E-state index < -0.39 is 0 Å². The van der Waals surface area contributed by atoms with Gasteiger partial charge in [0.05, 0.1) is 0 Å². The number of anilines is 1. The summed E-state index contributed by atoms with van der Waals surface area (Å²) in [5.41, 5.74) is 3.73. The van der Waals surface area contributed by atoms with Crippen molar-refractivity contribution in [1.82, 2.24) is 4.98 Å². The molecule has 0 spiro atoms. The number of aryl methyl sites for hydroxylation is 1. The number of nitrogens with one attached hydrogen (secondary N) is 1. The smallest absolute Gasteiger partial charge is 0.140 e. The molecular formula is C14H12BrN3. The van der Waals surface area contributed by atoms with Gasteiger partial charge in [-0.05, 0) is 48.4 Å². The highest BCUT2D eigenvalue weighted by atomic mass is 79.9. The second-order valence-corrected chi connectivity index (χ2v) is 4.95. The lowest BCUT2D eigenvalue weighted by atomic mass is 10.2. The van der Waals surface area contributed by atoms with Crippen molar-refractivity contribution >= 4 is 21.6 Å². The summed E-state index contributed by atoms with van der Waals surface area (Å²) in [6.07, 6.45) is 1.65. The largest absolute Gasteiger partial charge is 0.381 e. The van der Waals surface area contributed by atoms with Gasteiger partial charge < -0.3 is 5.32 Å². The maximum absolute atomic E-state index is 8.78. The summed E-state index contributed by atoms with van der Waals surface area (Å²) in [4.78, 5) is 3.94. The maximum Gasteiger partial charge on any atom is 0.140 e. The molecule has 18 heavy (non-hydrogen) atoms. The number of nitrogens with zero attached hydrogens (tertiary/aromatic N) is 2. The molecule has 0 radical (unpaired) electrons. The van der Waals surface area contributed by atoms with Crippen LogP contribution in [0.1, 0.15) is 16.8 Å². The van der Waals surface area contributed by atoms with Gasteiger partial charge in [-0.25, -0.2) is 4.98 Å². The van der Waals surface area contributed by atoms with Crippen LogP contribution in [0.2, 0.25) is 0 Å². The SMILES string of the molecule is Cc1cc(Br)cc(NCc2ccnc(C#N)c2)c1. The molecule has 0 aliphatic rings. The molecule has 3 nitrogen and oxygen atoms in total. The highest BCUT2D eigenvalue weighted by molar-refractivity contribution is 9.10. The van der Waals surface area contributed by atoms with Crippen LogP contribution >= 0.6 is 15.9 Å². The van der Waals surface area contributed by atoms with Crippen LogP contribution in [0.3, 0.4) is 0 Å². The van der Waals surface area contributed by atoms with Crippen molar-refractivity contribution in [3.05, 3.63) is 57.8 Å². The molecule has 90 valence electrons. The van der Waals surface area contributed by atoms with Gasteiger partial charge >= 0.3 is 0 Å². The molecule has 0 atom stereocenters. The van der Waals surface area contributed by atoms with E-state index in [9.17, 15) is 0 Å². The maximum atomic E-state index is 8.78. The van der Waals surface area contributed by atoms with E-state index in [0.717, 1.165) is 15.7 Å². The van der Waals surface area contributed by atoms with Crippen molar-refractivity contribution in [2.45, 2.75) is 13.5 Å². The van der Waals surface area contributed by atoms with Crippen molar-refractivity contribution in [3.8, 4) is 6.07 Å². The number of hydrogen-bond acceptors (Lipinski definition) is 3. The Morgan fingerprint density at radius 3 is 2.89 bits per heavy atom. The summed E-state index contributed by atoms with van der Waals surface area (Å²) in [5, 5.41) is 12.1. The van der Waals surface area contributed by atoms with E-state index in [0.29, 0.717) is 12.2 Å². The Kier molecular flexibility index (Phi) is 3.96. The first-order valence-electron chi connectivity index (χ1n) is 5.53. The summed E-state index contributed by atoms with van der Waals surface area (Å²) < 4.78 is 1.05. The Balaban J connectivity index is 2.09. The minimum absolute atomic E-state index is 0.444. The summed E-state index contributed by atoms with van der Waals surface area (Å²) in [5.74, 6) is 0. The lowest BCUT2D eigenvalue weighted by Gasteiger charge is -2.08. The zero-order valence-electron chi connectivity index (χ0n) is 9.94. The summed E-state index contributed by atoms with van der Waals surface area (Å²) in [6.45, 7) is 2.73. The van der Waals surface area contributed by atoms with Crippen LogP contribution in [0.25, 0.3) is 0 Å². The van der Waals surface area contributed by atoms with Gasteiger partial charge in [0.25, 0.3) is 0 Å². The number of nitriles is 1. The minimum Gasteiger partial charge on any atom is -0.381 e. The van der Waals surface area contributed by atoms with Crippen molar-refractivity contribution in [2.24, 2.45) is 0 Å². The molecule has 0 amide bonds. The third-order valence-electron chi connectivity index (χ3n) is 2.48. The second kappa shape index (κ2) is 5.65. The fourth-order valence-corrected chi connectivity index (χ4v) is 2.30. The van der Waals surface area contributed by atoms with Crippen molar-refractivity contribution in [1.29, 1.82) is 5.26 Å². The van der Waals surface area contributed by atoms with Gasteiger partial charge in [0.1, 0.15) is 11.8 Å². The van der Waals surface area contributed by atoms with Gasteiger partial charge in [0.2, 0.25) is 0 Å². The third-order valence-corrected chi connectivity index (χ3v) is 2.94. The number of benzene rings is 1. The van der Waals surface area contributed by atoms with Crippen LogP contribution < -0.4 is 5.32 Å². The van der Waals surface area contributed by atoms with Gasteiger partial charge in [0.15, 0.2) is 0 Å². The van der Waals surface area contributed by atoms with Gasteiger partial charge in [-0.15, -0.1) is 0 Å². The van der Waals surface area contributed by atoms with E-state index in [-0.39, 0.29) is 0 Å². The van der Waals surface area contributed by atoms with Crippen LogP contribution in [0, 0.1) is 18.3 Å². The zero-order chi connectivity index (χ0) is 13.0. The fourth-order valence-electron chi connectivity index (χ4n) is 1.69. The van der Waals surface area contributed by atoms with Gasteiger partial charge in [-0.1, -0.05) is 15.9 Å². The Hall–Kier alpha value is -1.86. The lowest BCUT2D eigenvalue weighted by molar-refractivity contribution is 1.11. The van der Waals surface area contributed by atoms with Crippen LogP contribution in [0.4, 0.5) is 5.69 Å². The van der Waals surface area contributed by atoms with Crippen LogP contribution in [-0.4, -0.2) is 4.98 Å². The molecule has 1 heterocycles. The molecule has 1 aromatic heterocycles. The zero-order valence-corrected chi connectivity index (χ0v) is 11.5. The molecule has 0 saturated heterocycles. The predicted molar refractivity (Wildman–Crippen MR) is 75.2 cm³/mol. The van der Waals surface area contributed by atoms with E-state index in [4.69, 9.17) is 5.26 Å². The molecule has 2 rings (SSSR count). The highest BCUT2D eigenvalue weighted by Crippen LogP contribution is 2.19. The topological polar surface area (TPSA) is 48.7 Å². The molecule has 4 heteroatoms. The first-order valence-corrected chi connectivity index (χ1v) is 6.33. The summed E-state index contributed by atoms with van der Waals surface area (Å²) in [7, 11) is 0. The van der Waals surface area contributed by atoms with Crippen molar-refractivity contribution in [3.63, 3.8) is 0 Å². The lowest BCUT2D eigenvalue weighted by Crippen LogP contribution is -2.00. The van der Waals surface area contributed by atoms with E-state index in [2.05, 4.69) is 45.3 Å². The van der Waals surface area contributed by atoms with Crippen molar-refractivity contribution in [2.75, 3.05) is 5.32 Å². The molecule has 0 fully saturated rings. The molecule has 0 unspecified atom stereocenters. The monoisotopic (exact) mass is 301 g/mol. The minimum atomic E-state index is 0.444. The molecule has 0 aliphatic heterocycles. The third kappa shape index (κ3) is 3.31. The fraction of sp³-hybridized carbons (Fsp3) is 0.143. The number of pyridine rings is 1. The van der Waals surface area contributed by atoms with Crippen LogP contribution in [0.15, 0.2) is 41.0 Å². The predicted octanol–water partition coefficient (Wildman–Crippen LogP) is 3.64. The van der Waals surface area contributed by atoms with E-state index in [1.165, 1.54) is 5.56 Å². The normalized spacial score (nSPS) is 9.83. The number of aromatic nitrogens is 1. The first kappa shape index (κ1) is 12.6. The quantitative estimate of drug-likeness (QED) is 0.941. The number of hydrogen-bond donors (Lipinski definition) is 1. The van der Waals surface area contributed by atoms with E-state index in [1.54, 1.807) is 12.3 Å². The molecule has 0 aliphatic carbocycles. The molecule has 0 saturated carbocycles. The molecule has 1 aromatic carbocycles. The molecular weight excluding hydrogens is 290 g/mol. The summed E-state index contributed by atoms with van der Waals surface area (Å²) >= 11 is 3.47. The Bertz CT molecular complexity index is 582. The Morgan fingerprint density at radius 2 is 2.17 bits per heavy atom. The van der Waals surface area contributed by atoms with Crippen LogP contribution in [0.5, 0.6) is 0 Å². The second-order valence-electron chi connectivity index (χ2n) is 4.03.